The topological polar surface area (TPSA) is 77.1 Å². The van der Waals surface area contributed by atoms with Gasteiger partial charge in [-0.25, -0.2) is 0 Å². The first-order valence-electron chi connectivity index (χ1n) is 7.82. The summed E-state index contributed by atoms with van der Waals surface area (Å²) >= 11 is 0. The predicted octanol–water partition coefficient (Wildman–Crippen LogP) is 1.76. The number of carbonyl (C=O) groups is 2. The highest BCUT2D eigenvalue weighted by Crippen LogP contribution is 2.23. The van der Waals surface area contributed by atoms with E-state index < -0.39 is 0 Å². The standard InChI is InChI=1S/C17H22N2O5/c1-3-8-19(17(21)15-12-23-9-10-24-15)11-16(20)18-13-6-4-5-7-14(13)22-2/h4-7,12H,3,8-11H2,1-2H3,(H,18,20). The lowest BCUT2D eigenvalue weighted by molar-refractivity contribution is -0.135. The second-order valence-corrected chi connectivity index (χ2v) is 5.18. The summed E-state index contributed by atoms with van der Waals surface area (Å²) in [5.41, 5.74) is 0.561. The Balaban J connectivity index is 2.02. The van der Waals surface area contributed by atoms with Gasteiger partial charge in [-0.3, -0.25) is 9.59 Å². The number of benzene rings is 1. The Kier molecular flexibility index (Phi) is 6.48. The van der Waals surface area contributed by atoms with E-state index in [0.717, 1.165) is 6.42 Å². The average molecular weight is 334 g/mol. The van der Waals surface area contributed by atoms with Gasteiger partial charge in [0.2, 0.25) is 11.7 Å². The molecule has 2 amide bonds. The molecule has 7 nitrogen and oxygen atoms in total. The molecule has 0 unspecified atom stereocenters. The van der Waals surface area contributed by atoms with Gasteiger partial charge in [0.15, 0.2) is 0 Å². The van der Waals surface area contributed by atoms with Crippen molar-refractivity contribution in [2.75, 3.05) is 38.7 Å². The number of nitrogens with zero attached hydrogens (tertiary/aromatic N) is 1. The molecule has 0 saturated heterocycles. The van der Waals surface area contributed by atoms with Gasteiger partial charge in [0.1, 0.15) is 31.8 Å². The molecule has 1 aliphatic rings. The highest BCUT2D eigenvalue weighted by atomic mass is 16.6. The molecule has 0 bridgehead atoms. The number of amides is 2. The molecule has 0 fully saturated rings. The minimum atomic E-state index is -0.355. The van der Waals surface area contributed by atoms with Gasteiger partial charge in [-0.15, -0.1) is 0 Å². The lowest BCUT2D eigenvalue weighted by atomic mass is 10.3. The van der Waals surface area contributed by atoms with Crippen LogP contribution in [0.15, 0.2) is 36.3 Å². The van der Waals surface area contributed by atoms with E-state index in [-0.39, 0.29) is 24.1 Å². The fraction of sp³-hybridized carbons (Fsp3) is 0.412. The zero-order valence-corrected chi connectivity index (χ0v) is 13.9. The van der Waals surface area contributed by atoms with E-state index in [0.29, 0.717) is 31.2 Å². The molecule has 24 heavy (non-hydrogen) atoms. The summed E-state index contributed by atoms with van der Waals surface area (Å²) in [7, 11) is 1.53. The average Bonchev–Trinajstić information content (AvgIpc) is 2.62. The molecule has 2 rings (SSSR count). The number of hydrogen-bond donors (Lipinski definition) is 1. The molecule has 0 atom stereocenters. The molecular formula is C17H22N2O5. The Morgan fingerprint density at radius 1 is 1.29 bits per heavy atom. The van der Waals surface area contributed by atoms with Crippen molar-refractivity contribution < 1.29 is 23.8 Å². The van der Waals surface area contributed by atoms with Gasteiger partial charge in [-0.05, 0) is 18.6 Å². The fourth-order valence-corrected chi connectivity index (χ4v) is 2.27. The highest BCUT2D eigenvalue weighted by molar-refractivity contribution is 5.98. The number of hydrogen-bond acceptors (Lipinski definition) is 5. The van der Waals surface area contributed by atoms with Crippen LogP contribution in [0.4, 0.5) is 5.69 Å². The van der Waals surface area contributed by atoms with Crippen LogP contribution in [-0.4, -0.2) is 50.1 Å². The van der Waals surface area contributed by atoms with Crippen LogP contribution < -0.4 is 10.1 Å². The van der Waals surface area contributed by atoms with Crippen LogP contribution in [-0.2, 0) is 19.1 Å². The lowest BCUT2D eigenvalue weighted by Crippen LogP contribution is -2.40. The largest absolute Gasteiger partial charge is 0.495 e. The van der Waals surface area contributed by atoms with Crippen molar-refractivity contribution >= 4 is 17.5 Å². The smallest absolute Gasteiger partial charge is 0.292 e. The normalized spacial score (nSPS) is 13.2. The van der Waals surface area contributed by atoms with Crippen molar-refractivity contribution in [3.05, 3.63) is 36.3 Å². The second kappa shape index (κ2) is 8.81. The molecule has 0 saturated carbocycles. The first-order valence-corrected chi connectivity index (χ1v) is 7.82. The third-order valence-corrected chi connectivity index (χ3v) is 3.36. The van der Waals surface area contributed by atoms with Crippen molar-refractivity contribution in [1.82, 2.24) is 4.90 Å². The summed E-state index contributed by atoms with van der Waals surface area (Å²) in [5.74, 6) is 0.0242. The summed E-state index contributed by atoms with van der Waals surface area (Å²) < 4.78 is 15.6. The van der Waals surface area contributed by atoms with Crippen LogP contribution in [0.1, 0.15) is 13.3 Å². The summed E-state index contributed by atoms with van der Waals surface area (Å²) in [6.07, 6.45) is 2.02. The molecule has 130 valence electrons. The zero-order valence-electron chi connectivity index (χ0n) is 13.9. The van der Waals surface area contributed by atoms with Gasteiger partial charge < -0.3 is 24.4 Å². The number of para-hydroxylation sites is 2. The molecule has 0 aliphatic carbocycles. The third-order valence-electron chi connectivity index (χ3n) is 3.36. The maximum atomic E-state index is 12.4. The summed E-state index contributed by atoms with van der Waals surface area (Å²) in [6.45, 7) is 3.04. The number of carbonyl (C=O) groups excluding carboxylic acids is 2. The minimum Gasteiger partial charge on any atom is -0.495 e. The van der Waals surface area contributed by atoms with E-state index >= 15 is 0 Å². The van der Waals surface area contributed by atoms with E-state index in [9.17, 15) is 9.59 Å². The number of rotatable bonds is 7. The number of anilines is 1. The van der Waals surface area contributed by atoms with Crippen LogP contribution in [0, 0.1) is 0 Å². The van der Waals surface area contributed by atoms with E-state index in [1.807, 2.05) is 13.0 Å². The molecular weight excluding hydrogens is 312 g/mol. The van der Waals surface area contributed by atoms with Crippen molar-refractivity contribution in [1.29, 1.82) is 0 Å². The van der Waals surface area contributed by atoms with Crippen LogP contribution in [0.2, 0.25) is 0 Å². The Hall–Kier alpha value is -2.70. The summed E-state index contributed by atoms with van der Waals surface area (Å²) in [4.78, 5) is 26.2. The van der Waals surface area contributed by atoms with Crippen LogP contribution in [0.5, 0.6) is 5.75 Å². The lowest BCUT2D eigenvalue weighted by Gasteiger charge is -2.24. The first kappa shape index (κ1) is 17.7. The Morgan fingerprint density at radius 2 is 2.08 bits per heavy atom. The summed E-state index contributed by atoms with van der Waals surface area (Å²) in [6, 6.07) is 7.10. The van der Waals surface area contributed by atoms with Crippen molar-refractivity contribution in [2.45, 2.75) is 13.3 Å². The molecule has 1 heterocycles. The van der Waals surface area contributed by atoms with Crippen LogP contribution >= 0.6 is 0 Å². The molecule has 0 spiro atoms. The Bertz CT molecular complexity index is 615. The van der Waals surface area contributed by atoms with Gasteiger partial charge in [-0.1, -0.05) is 19.1 Å². The quantitative estimate of drug-likeness (QED) is 0.822. The third kappa shape index (κ3) is 4.65. The number of methoxy groups -OCH3 is 1. The molecule has 1 aromatic carbocycles. The molecule has 1 aromatic rings. The van der Waals surface area contributed by atoms with E-state index in [2.05, 4.69) is 5.32 Å². The molecule has 0 radical (unpaired) electrons. The number of nitrogens with one attached hydrogen (secondary N) is 1. The fourth-order valence-electron chi connectivity index (χ4n) is 2.27. The number of ether oxygens (including phenoxy) is 3. The van der Waals surface area contributed by atoms with Gasteiger partial charge >= 0.3 is 0 Å². The van der Waals surface area contributed by atoms with Gasteiger partial charge in [0.25, 0.3) is 5.91 Å². The van der Waals surface area contributed by atoms with Crippen molar-refractivity contribution in [2.24, 2.45) is 0 Å². The van der Waals surface area contributed by atoms with Gasteiger partial charge in [0, 0.05) is 6.54 Å². The zero-order chi connectivity index (χ0) is 17.4. The molecule has 0 aromatic heterocycles. The van der Waals surface area contributed by atoms with Crippen molar-refractivity contribution in [3.8, 4) is 5.75 Å². The van der Waals surface area contributed by atoms with Gasteiger partial charge in [-0.2, -0.15) is 0 Å². The van der Waals surface area contributed by atoms with Crippen LogP contribution in [0.3, 0.4) is 0 Å². The maximum Gasteiger partial charge on any atom is 0.292 e. The van der Waals surface area contributed by atoms with E-state index in [1.54, 1.807) is 18.2 Å². The van der Waals surface area contributed by atoms with E-state index in [1.165, 1.54) is 18.3 Å². The van der Waals surface area contributed by atoms with Gasteiger partial charge in [0.05, 0.1) is 12.8 Å². The second-order valence-electron chi connectivity index (χ2n) is 5.18. The highest BCUT2D eigenvalue weighted by Gasteiger charge is 2.23. The Labute approximate surface area is 141 Å². The van der Waals surface area contributed by atoms with Crippen molar-refractivity contribution in [3.63, 3.8) is 0 Å². The monoisotopic (exact) mass is 334 g/mol. The maximum absolute atomic E-state index is 12.4. The molecule has 1 aliphatic heterocycles. The molecule has 7 heteroatoms. The van der Waals surface area contributed by atoms with E-state index in [4.69, 9.17) is 14.2 Å². The first-order chi connectivity index (χ1) is 11.7. The SMILES string of the molecule is CCCN(CC(=O)Nc1ccccc1OC)C(=O)C1=COCCO1. The molecule has 1 N–H and O–H groups in total. The Morgan fingerprint density at radius 3 is 2.75 bits per heavy atom. The summed E-state index contributed by atoms with van der Waals surface area (Å²) in [5, 5.41) is 2.76. The van der Waals surface area contributed by atoms with Crippen LogP contribution in [0.25, 0.3) is 0 Å². The predicted molar refractivity (Wildman–Crippen MR) is 88.5 cm³/mol. The minimum absolute atomic E-state index is 0.0780.